The molecule has 0 bridgehead atoms. The summed E-state index contributed by atoms with van der Waals surface area (Å²) in [6.45, 7) is 5.62. The fraction of sp³-hybridized carbons (Fsp3) is 0.769. The third-order valence-corrected chi connectivity index (χ3v) is 3.43. The van der Waals surface area contributed by atoms with Gasteiger partial charge in [0.1, 0.15) is 12.1 Å². The van der Waals surface area contributed by atoms with Gasteiger partial charge in [-0.3, -0.25) is 0 Å². The number of nitrogens with zero attached hydrogens (tertiary/aromatic N) is 1. The maximum absolute atomic E-state index is 12.1. The molecule has 1 heterocycles. The van der Waals surface area contributed by atoms with Crippen LogP contribution in [0.2, 0.25) is 0 Å². The lowest BCUT2D eigenvalue weighted by molar-refractivity contribution is -0.145. The number of hydrogen-bond acceptors (Lipinski definition) is 4. The lowest BCUT2D eigenvalue weighted by Gasteiger charge is -2.37. The molecule has 20 heavy (non-hydrogen) atoms. The topological polar surface area (TPSA) is 95.9 Å². The van der Waals surface area contributed by atoms with Crippen molar-refractivity contribution in [1.82, 2.24) is 10.2 Å². The van der Waals surface area contributed by atoms with Crippen molar-refractivity contribution >= 4 is 18.0 Å². The molecule has 2 N–H and O–H groups in total. The lowest BCUT2D eigenvalue weighted by Crippen LogP contribution is -2.57. The van der Waals surface area contributed by atoms with Crippen molar-refractivity contribution in [3.63, 3.8) is 0 Å². The Hall–Kier alpha value is -1.79. The summed E-state index contributed by atoms with van der Waals surface area (Å²) < 4.78 is 4.80. The van der Waals surface area contributed by atoms with Crippen LogP contribution in [0.15, 0.2) is 0 Å². The molecule has 114 valence electrons. The summed E-state index contributed by atoms with van der Waals surface area (Å²) in [5, 5.41) is 11.7. The number of carbonyl (C=O) groups excluding carboxylic acids is 2. The fourth-order valence-electron chi connectivity index (χ4n) is 2.39. The third-order valence-electron chi connectivity index (χ3n) is 3.43. The number of piperidine rings is 1. The summed E-state index contributed by atoms with van der Waals surface area (Å²) in [6, 6.07) is -2.18. The van der Waals surface area contributed by atoms with Gasteiger partial charge in [-0.25, -0.2) is 14.4 Å². The SMILES string of the molecule is CCOC(=O)C(C)NC(=O)N1CCCC(C)C1C(=O)O. The molecule has 3 atom stereocenters. The lowest BCUT2D eigenvalue weighted by atomic mass is 9.91. The van der Waals surface area contributed by atoms with Crippen molar-refractivity contribution in [2.24, 2.45) is 5.92 Å². The third kappa shape index (κ3) is 3.85. The number of carboxylic acids is 1. The second kappa shape index (κ2) is 7.12. The normalized spacial score (nSPS) is 23.9. The van der Waals surface area contributed by atoms with Crippen LogP contribution in [0.25, 0.3) is 0 Å². The van der Waals surface area contributed by atoms with Gasteiger partial charge in [-0.2, -0.15) is 0 Å². The summed E-state index contributed by atoms with van der Waals surface area (Å²) in [6.07, 6.45) is 1.53. The number of amides is 2. The number of hydrogen-bond donors (Lipinski definition) is 2. The van der Waals surface area contributed by atoms with E-state index < -0.39 is 30.1 Å². The zero-order chi connectivity index (χ0) is 15.3. The molecular weight excluding hydrogens is 264 g/mol. The van der Waals surface area contributed by atoms with E-state index in [1.807, 2.05) is 6.92 Å². The van der Waals surface area contributed by atoms with Crippen LogP contribution in [-0.4, -0.2) is 53.2 Å². The summed E-state index contributed by atoms with van der Waals surface area (Å²) >= 11 is 0. The van der Waals surface area contributed by atoms with E-state index in [4.69, 9.17) is 4.74 Å². The molecule has 1 saturated heterocycles. The number of esters is 1. The van der Waals surface area contributed by atoms with Crippen LogP contribution in [0, 0.1) is 5.92 Å². The Balaban J connectivity index is 2.69. The van der Waals surface area contributed by atoms with Crippen molar-refractivity contribution in [2.75, 3.05) is 13.2 Å². The van der Waals surface area contributed by atoms with E-state index in [2.05, 4.69) is 5.32 Å². The van der Waals surface area contributed by atoms with Crippen LogP contribution in [0.1, 0.15) is 33.6 Å². The largest absolute Gasteiger partial charge is 0.480 e. The minimum atomic E-state index is -1.02. The number of carbonyl (C=O) groups is 3. The fourth-order valence-corrected chi connectivity index (χ4v) is 2.39. The molecule has 0 aromatic heterocycles. The molecule has 1 aliphatic heterocycles. The zero-order valence-electron chi connectivity index (χ0n) is 12.1. The van der Waals surface area contributed by atoms with Crippen LogP contribution < -0.4 is 5.32 Å². The monoisotopic (exact) mass is 286 g/mol. The summed E-state index contributed by atoms with van der Waals surface area (Å²) in [7, 11) is 0. The Labute approximate surface area is 118 Å². The van der Waals surface area contributed by atoms with Crippen molar-refractivity contribution in [3.8, 4) is 0 Å². The van der Waals surface area contributed by atoms with E-state index in [0.717, 1.165) is 12.8 Å². The summed E-state index contributed by atoms with van der Waals surface area (Å²) in [5.41, 5.74) is 0. The highest BCUT2D eigenvalue weighted by Gasteiger charge is 2.37. The van der Waals surface area contributed by atoms with Crippen molar-refractivity contribution < 1.29 is 24.2 Å². The van der Waals surface area contributed by atoms with Gasteiger partial charge in [0.15, 0.2) is 0 Å². The van der Waals surface area contributed by atoms with Crippen LogP contribution in [0.3, 0.4) is 0 Å². The number of nitrogens with one attached hydrogen (secondary N) is 1. The molecule has 0 radical (unpaired) electrons. The summed E-state index contributed by atoms with van der Waals surface area (Å²) in [4.78, 5) is 36.2. The van der Waals surface area contributed by atoms with Gasteiger partial charge in [0.25, 0.3) is 0 Å². The average molecular weight is 286 g/mol. The van der Waals surface area contributed by atoms with Crippen LogP contribution in [0.4, 0.5) is 4.79 Å². The van der Waals surface area contributed by atoms with Gasteiger partial charge in [-0.05, 0) is 32.6 Å². The first-order chi connectivity index (χ1) is 9.38. The van der Waals surface area contributed by atoms with E-state index in [1.165, 1.54) is 11.8 Å². The van der Waals surface area contributed by atoms with Gasteiger partial charge in [0.05, 0.1) is 6.61 Å². The maximum atomic E-state index is 12.1. The first-order valence-electron chi connectivity index (χ1n) is 6.85. The Morgan fingerprint density at radius 3 is 2.65 bits per heavy atom. The van der Waals surface area contributed by atoms with Crippen molar-refractivity contribution in [2.45, 2.75) is 45.7 Å². The molecule has 0 aliphatic carbocycles. The van der Waals surface area contributed by atoms with E-state index in [0.29, 0.717) is 6.54 Å². The number of rotatable bonds is 4. The Morgan fingerprint density at radius 2 is 2.10 bits per heavy atom. The summed E-state index contributed by atoms with van der Waals surface area (Å²) in [5.74, 6) is -1.65. The van der Waals surface area contributed by atoms with Gasteiger partial charge in [0, 0.05) is 6.54 Å². The van der Waals surface area contributed by atoms with Gasteiger partial charge >= 0.3 is 18.0 Å². The number of aliphatic carboxylic acids is 1. The van der Waals surface area contributed by atoms with Crippen LogP contribution in [-0.2, 0) is 14.3 Å². The molecule has 0 aromatic rings. The van der Waals surface area contributed by atoms with E-state index >= 15 is 0 Å². The molecule has 1 rings (SSSR count). The molecule has 3 unspecified atom stereocenters. The molecule has 0 aromatic carbocycles. The predicted molar refractivity (Wildman–Crippen MR) is 71.2 cm³/mol. The second-order valence-corrected chi connectivity index (χ2v) is 5.02. The first-order valence-corrected chi connectivity index (χ1v) is 6.85. The minimum Gasteiger partial charge on any atom is -0.480 e. The second-order valence-electron chi connectivity index (χ2n) is 5.02. The highest BCUT2D eigenvalue weighted by molar-refractivity contribution is 5.86. The quantitative estimate of drug-likeness (QED) is 0.746. The van der Waals surface area contributed by atoms with Gasteiger partial charge in [-0.1, -0.05) is 6.92 Å². The Bertz CT molecular complexity index is 385. The van der Waals surface area contributed by atoms with Gasteiger partial charge < -0.3 is 20.1 Å². The highest BCUT2D eigenvalue weighted by atomic mass is 16.5. The van der Waals surface area contributed by atoms with E-state index in [9.17, 15) is 19.5 Å². The minimum absolute atomic E-state index is 0.107. The van der Waals surface area contributed by atoms with Crippen molar-refractivity contribution in [3.05, 3.63) is 0 Å². The van der Waals surface area contributed by atoms with Crippen molar-refractivity contribution in [1.29, 1.82) is 0 Å². The standard InChI is InChI=1S/C13H22N2O5/c1-4-20-12(18)9(3)14-13(19)15-7-5-6-8(2)10(15)11(16)17/h8-10H,4-7H2,1-3H3,(H,14,19)(H,16,17). The smallest absolute Gasteiger partial charge is 0.328 e. The molecule has 0 saturated carbocycles. The molecule has 0 spiro atoms. The van der Waals surface area contributed by atoms with Crippen LogP contribution in [0.5, 0.6) is 0 Å². The number of likely N-dealkylation sites (tertiary alicyclic amines) is 1. The molecular formula is C13H22N2O5. The number of ether oxygens (including phenoxy) is 1. The molecule has 2 amide bonds. The van der Waals surface area contributed by atoms with Gasteiger partial charge in [-0.15, -0.1) is 0 Å². The molecule has 1 aliphatic rings. The average Bonchev–Trinajstić information content (AvgIpc) is 2.37. The van der Waals surface area contributed by atoms with Gasteiger partial charge in [0.2, 0.25) is 0 Å². The van der Waals surface area contributed by atoms with E-state index in [1.54, 1.807) is 6.92 Å². The molecule has 7 nitrogen and oxygen atoms in total. The Morgan fingerprint density at radius 1 is 1.45 bits per heavy atom. The molecule has 7 heteroatoms. The van der Waals surface area contributed by atoms with E-state index in [-0.39, 0.29) is 12.5 Å². The highest BCUT2D eigenvalue weighted by Crippen LogP contribution is 2.23. The molecule has 1 fully saturated rings. The number of urea groups is 1. The number of carboxylic acid groups (broad SMARTS) is 1. The van der Waals surface area contributed by atoms with Crippen LogP contribution >= 0.6 is 0 Å². The Kier molecular flexibility index (Phi) is 5.79. The predicted octanol–water partition coefficient (Wildman–Crippen LogP) is 0.833. The first kappa shape index (κ1) is 16.3. The maximum Gasteiger partial charge on any atom is 0.328 e. The zero-order valence-corrected chi connectivity index (χ0v) is 12.1.